The summed E-state index contributed by atoms with van der Waals surface area (Å²) < 4.78 is 7.30. The SMILES string of the molecule is CCOC(=O)Cn1nc(CC)n(-c2cc(Cl)cc(Cl)c2)c1=O. The minimum Gasteiger partial charge on any atom is -0.465 e. The van der Waals surface area contributed by atoms with Gasteiger partial charge in [-0.2, -0.15) is 5.10 Å². The number of aromatic nitrogens is 3. The van der Waals surface area contributed by atoms with Crippen molar-refractivity contribution in [3.05, 3.63) is 44.6 Å². The number of nitrogens with zero attached hydrogens (tertiary/aromatic N) is 3. The molecule has 1 heterocycles. The molecule has 118 valence electrons. The van der Waals surface area contributed by atoms with Crippen molar-refractivity contribution in [3.63, 3.8) is 0 Å². The maximum absolute atomic E-state index is 12.5. The van der Waals surface area contributed by atoms with E-state index in [0.29, 0.717) is 28.0 Å². The molecule has 0 unspecified atom stereocenters. The van der Waals surface area contributed by atoms with Gasteiger partial charge in [-0.15, -0.1) is 0 Å². The Morgan fingerprint density at radius 2 is 1.86 bits per heavy atom. The molecule has 0 aliphatic heterocycles. The summed E-state index contributed by atoms with van der Waals surface area (Å²) in [5.41, 5.74) is 0.0673. The van der Waals surface area contributed by atoms with E-state index in [1.54, 1.807) is 25.1 Å². The van der Waals surface area contributed by atoms with Gasteiger partial charge < -0.3 is 4.74 Å². The van der Waals surface area contributed by atoms with Crippen LogP contribution >= 0.6 is 23.2 Å². The Bertz CT molecular complexity index is 732. The van der Waals surface area contributed by atoms with E-state index in [1.807, 2.05) is 6.92 Å². The first-order valence-electron chi connectivity index (χ1n) is 6.77. The predicted molar refractivity (Wildman–Crippen MR) is 83.9 cm³/mol. The van der Waals surface area contributed by atoms with Gasteiger partial charge in [0, 0.05) is 16.5 Å². The standard InChI is InChI=1S/C14H15Cl2N3O3/c1-3-12-17-18(8-13(20)22-4-2)14(21)19(12)11-6-9(15)5-10(16)7-11/h5-7H,3-4,8H2,1-2H3. The average molecular weight is 344 g/mol. The fourth-order valence-electron chi connectivity index (χ4n) is 2.04. The lowest BCUT2D eigenvalue weighted by atomic mass is 10.3. The first kappa shape index (κ1) is 16.6. The summed E-state index contributed by atoms with van der Waals surface area (Å²) in [7, 11) is 0. The van der Waals surface area contributed by atoms with Gasteiger partial charge in [0.05, 0.1) is 12.3 Å². The maximum Gasteiger partial charge on any atom is 0.351 e. The summed E-state index contributed by atoms with van der Waals surface area (Å²) in [5, 5.41) is 4.99. The summed E-state index contributed by atoms with van der Waals surface area (Å²) in [6.07, 6.45) is 0.509. The zero-order valence-corrected chi connectivity index (χ0v) is 13.7. The first-order valence-corrected chi connectivity index (χ1v) is 7.52. The van der Waals surface area contributed by atoms with E-state index in [-0.39, 0.29) is 13.2 Å². The Kier molecular flexibility index (Phi) is 5.26. The topological polar surface area (TPSA) is 66.1 Å². The molecular formula is C14H15Cl2N3O3. The molecule has 0 amide bonds. The second-order valence-corrected chi connectivity index (χ2v) is 5.35. The van der Waals surface area contributed by atoms with Gasteiger partial charge in [0.25, 0.3) is 0 Å². The smallest absolute Gasteiger partial charge is 0.351 e. The van der Waals surface area contributed by atoms with Crippen molar-refractivity contribution in [1.82, 2.24) is 14.3 Å². The van der Waals surface area contributed by atoms with Crippen molar-refractivity contribution in [2.75, 3.05) is 6.61 Å². The number of aryl methyl sites for hydroxylation is 1. The van der Waals surface area contributed by atoms with Gasteiger partial charge in [-0.1, -0.05) is 30.1 Å². The molecule has 6 nitrogen and oxygen atoms in total. The van der Waals surface area contributed by atoms with E-state index < -0.39 is 11.7 Å². The Morgan fingerprint density at radius 1 is 1.23 bits per heavy atom. The third-order valence-electron chi connectivity index (χ3n) is 2.91. The number of hydrogen-bond donors (Lipinski definition) is 0. The fraction of sp³-hybridized carbons (Fsp3) is 0.357. The molecule has 0 aliphatic carbocycles. The highest BCUT2D eigenvalue weighted by atomic mass is 35.5. The number of carbonyl (C=O) groups is 1. The van der Waals surface area contributed by atoms with Crippen LogP contribution in [-0.4, -0.2) is 26.9 Å². The van der Waals surface area contributed by atoms with E-state index in [0.717, 1.165) is 4.68 Å². The Balaban J connectivity index is 2.49. The summed E-state index contributed by atoms with van der Waals surface area (Å²) in [6, 6.07) is 4.81. The molecule has 0 aliphatic rings. The van der Waals surface area contributed by atoms with Gasteiger partial charge in [-0.25, -0.2) is 14.0 Å². The second kappa shape index (κ2) is 6.98. The van der Waals surface area contributed by atoms with Crippen LogP contribution in [-0.2, 0) is 22.5 Å². The quantitative estimate of drug-likeness (QED) is 0.782. The van der Waals surface area contributed by atoms with Crippen molar-refractivity contribution in [2.24, 2.45) is 0 Å². The molecule has 1 aromatic heterocycles. The summed E-state index contributed by atoms with van der Waals surface area (Å²) in [6.45, 7) is 3.57. The van der Waals surface area contributed by atoms with Crippen molar-refractivity contribution in [2.45, 2.75) is 26.8 Å². The molecule has 0 N–H and O–H groups in total. The Hall–Kier alpha value is -1.79. The Morgan fingerprint density at radius 3 is 2.41 bits per heavy atom. The number of ether oxygens (including phenoxy) is 1. The van der Waals surface area contributed by atoms with Crippen LogP contribution in [0.4, 0.5) is 0 Å². The molecule has 0 spiro atoms. The van der Waals surface area contributed by atoms with Crippen LogP contribution in [0.3, 0.4) is 0 Å². The molecule has 1 aromatic carbocycles. The maximum atomic E-state index is 12.5. The van der Waals surface area contributed by atoms with Crippen LogP contribution in [0.1, 0.15) is 19.7 Å². The average Bonchev–Trinajstić information content (AvgIpc) is 2.74. The number of esters is 1. The summed E-state index contributed by atoms with van der Waals surface area (Å²) in [4.78, 5) is 24.0. The number of benzene rings is 1. The van der Waals surface area contributed by atoms with Gasteiger partial charge >= 0.3 is 11.7 Å². The van der Waals surface area contributed by atoms with E-state index in [1.165, 1.54) is 4.57 Å². The van der Waals surface area contributed by atoms with E-state index in [9.17, 15) is 9.59 Å². The van der Waals surface area contributed by atoms with Gasteiger partial charge in [-0.3, -0.25) is 4.79 Å². The van der Waals surface area contributed by atoms with Gasteiger partial charge in [0.1, 0.15) is 12.4 Å². The largest absolute Gasteiger partial charge is 0.465 e. The van der Waals surface area contributed by atoms with E-state index in [4.69, 9.17) is 27.9 Å². The van der Waals surface area contributed by atoms with E-state index in [2.05, 4.69) is 5.10 Å². The van der Waals surface area contributed by atoms with Crippen LogP contribution < -0.4 is 5.69 Å². The lowest BCUT2D eigenvalue weighted by Crippen LogP contribution is -2.28. The highest BCUT2D eigenvalue weighted by molar-refractivity contribution is 6.34. The van der Waals surface area contributed by atoms with E-state index >= 15 is 0 Å². The van der Waals surface area contributed by atoms with Gasteiger partial charge in [-0.05, 0) is 25.1 Å². The molecular weight excluding hydrogens is 329 g/mol. The molecule has 0 bridgehead atoms. The molecule has 0 saturated heterocycles. The number of halogens is 2. The van der Waals surface area contributed by atoms with Gasteiger partial charge in [0.2, 0.25) is 0 Å². The third-order valence-corrected chi connectivity index (χ3v) is 3.35. The van der Waals surface area contributed by atoms with Crippen LogP contribution in [0, 0.1) is 0 Å². The van der Waals surface area contributed by atoms with Crippen molar-refractivity contribution in [3.8, 4) is 5.69 Å². The molecule has 0 atom stereocenters. The van der Waals surface area contributed by atoms with Crippen LogP contribution in [0.5, 0.6) is 0 Å². The molecule has 22 heavy (non-hydrogen) atoms. The zero-order chi connectivity index (χ0) is 16.3. The predicted octanol–water partition coefficient (Wildman–Crippen LogP) is 2.47. The molecule has 0 radical (unpaired) electrons. The first-order chi connectivity index (χ1) is 10.5. The second-order valence-electron chi connectivity index (χ2n) is 4.48. The lowest BCUT2D eigenvalue weighted by Gasteiger charge is -2.05. The summed E-state index contributed by atoms with van der Waals surface area (Å²) >= 11 is 12.0. The highest BCUT2D eigenvalue weighted by Gasteiger charge is 2.17. The molecule has 0 fully saturated rings. The Labute approximate surface area is 137 Å². The lowest BCUT2D eigenvalue weighted by molar-refractivity contribution is -0.144. The monoisotopic (exact) mass is 343 g/mol. The minimum absolute atomic E-state index is 0.235. The molecule has 8 heteroatoms. The summed E-state index contributed by atoms with van der Waals surface area (Å²) in [5.74, 6) is -0.00587. The number of rotatable bonds is 5. The van der Waals surface area contributed by atoms with Crippen molar-refractivity contribution >= 4 is 29.2 Å². The van der Waals surface area contributed by atoms with Crippen molar-refractivity contribution in [1.29, 1.82) is 0 Å². The highest BCUT2D eigenvalue weighted by Crippen LogP contribution is 2.21. The van der Waals surface area contributed by atoms with Crippen molar-refractivity contribution < 1.29 is 9.53 Å². The van der Waals surface area contributed by atoms with Crippen LogP contribution in [0.2, 0.25) is 10.0 Å². The third kappa shape index (κ3) is 3.51. The molecule has 2 rings (SSSR count). The number of carbonyl (C=O) groups excluding carboxylic acids is 1. The van der Waals surface area contributed by atoms with Crippen LogP contribution in [0.25, 0.3) is 5.69 Å². The molecule has 0 saturated carbocycles. The van der Waals surface area contributed by atoms with Gasteiger partial charge in [0.15, 0.2) is 0 Å². The van der Waals surface area contributed by atoms with Crippen LogP contribution in [0.15, 0.2) is 23.0 Å². The zero-order valence-electron chi connectivity index (χ0n) is 12.2. The molecule has 2 aromatic rings. The fourth-order valence-corrected chi connectivity index (χ4v) is 2.56. The number of hydrogen-bond acceptors (Lipinski definition) is 4. The normalized spacial score (nSPS) is 10.7. The minimum atomic E-state index is -0.513.